The number of aliphatic hydroxyl groups excluding tert-OH is 1. The standard InChI is InChI=1S/C50H88N6O8/c1-5-8-23-40-27-31-48(63-40)36-38-25-26-41-42(49(30-20-22-37(4)62-49)54-46(53-48)56(38)41)43(57)61-39(7-3)24-18-16-14-12-10-9-11-13-15-17-19-29-47(28-6-2)44(58)55(35-21-33-51)45(59)50(60,64-47)32-34-52/h8,23,37-42,45,59-60H,5-7,9-22,24-36,51-52H2,1-4H3,(H,53,54)/p+1/b23-8+/t37-,38?,39?,40+,41-,42-,45+,47-,48+,49-,50-/m1/s1. The number of carbonyl (C=O) groups excluding carboxylic acids is 2. The number of unbranched alkanes of at least 4 members (excludes halogenated alkanes) is 10. The van der Waals surface area contributed by atoms with Gasteiger partial charge in [0.15, 0.2) is 23.5 Å². The van der Waals surface area contributed by atoms with Crippen LogP contribution in [0.3, 0.4) is 0 Å². The summed E-state index contributed by atoms with van der Waals surface area (Å²) in [6, 6.07) is 0.298. The SMILES string of the molecule is CC/C=C/[C@H]1CC[C@@]2(CC3CC[C@@H]4[C@H](C(=O)OC(CC)CCCCCCCCCCCCC[C@@]5(CCC)O[C@](O)(CCN)[C@H](O)N(CCC[NH3+])C5=O)[C@]5(CCC[C@@H](C)O5)N=C(N2)N34)O1. The molecule has 1 amide bonds. The maximum absolute atomic E-state index is 14.5. The quantitative estimate of drug-likeness (QED) is 0.0352. The number of carbonyl (C=O) groups is 2. The summed E-state index contributed by atoms with van der Waals surface area (Å²) in [6.07, 6.45) is 28.0. The summed E-state index contributed by atoms with van der Waals surface area (Å²) >= 11 is 0. The lowest BCUT2D eigenvalue weighted by Crippen LogP contribution is -2.70. The molecular weight excluding hydrogens is 813 g/mol. The number of guanidine groups is 1. The predicted molar refractivity (Wildman–Crippen MR) is 248 cm³/mol. The third-order valence-corrected chi connectivity index (χ3v) is 15.3. The molecule has 6 aliphatic rings. The monoisotopic (exact) mass is 902 g/mol. The first-order valence-corrected chi connectivity index (χ1v) is 26.2. The number of rotatable bonds is 26. The number of allylic oxidation sites excluding steroid dienone is 1. The number of nitrogens with one attached hydrogen (secondary N) is 1. The minimum atomic E-state index is -1.87. The van der Waals surface area contributed by atoms with E-state index in [2.05, 4.69) is 48.9 Å². The highest BCUT2D eigenvalue weighted by atomic mass is 16.7. The first-order chi connectivity index (χ1) is 30.9. The Morgan fingerprint density at radius 3 is 2.34 bits per heavy atom. The average Bonchev–Trinajstić information content (AvgIpc) is 3.87. The number of aliphatic hydroxyl groups is 2. The number of amides is 1. The van der Waals surface area contributed by atoms with Crippen LogP contribution in [-0.2, 0) is 28.5 Å². The Morgan fingerprint density at radius 2 is 1.69 bits per heavy atom. The predicted octanol–water partition coefficient (Wildman–Crippen LogP) is 6.70. The van der Waals surface area contributed by atoms with E-state index in [0.29, 0.717) is 32.4 Å². The normalized spacial score (nSPS) is 35.3. The Labute approximate surface area is 385 Å². The molecule has 14 heteroatoms. The number of aliphatic imine (C=N–C) groups is 1. The number of hydrogen-bond donors (Lipinski definition) is 5. The molecule has 0 aromatic rings. The number of ether oxygens (including phenoxy) is 4. The van der Waals surface area contributed by atoms with Gasteiger partial charge in [-0.3, -0.25) is 9.59 Å². The van der Waals surface area contributed by atoms with Gasteiger partial charge in [-0.25, -0.2) is 4.99 Å². The Hall–Kier alpha value is -2.33. The van der Waals surface area contributed by atoms with E-state index in [1.54, 1.807) is 0 Å². The minimum Gasteiger partial charge on any atom is -0.462 e. The molecule has 366 valence electrons. The van der Waals surface area contributed by atoms with E-state index in [1.807, 2.05) is 6.92 Å². The molecule has 14 nitrogen and oxygen atoms in total. The van der Waals surface area contributed by atoms with E-state index in [0.717, 1.165) is 122 Å². The van der Waals surface area contributed by atoms with Crippen molar-refractivity contribution >= 4 is 17.8 Å². The van der Waals surface area contributed by atoms with Crippen molar-refractivity contribution in [2.45, 2.75) is 261 Å². The highest BCUT2D eigenvalue weighted by molar-refractivity contribution is 5.87. The van der Waals surface area contributed by atoms with E-state index in [1.165, 1.54) is 37.0 Å². The largest absolute Gasteiger partial charge is 0.462 e. The zero-order chi connectivity index (χ0) is 45.8. The molecule has 8 N–H and O–H groups in total. The van der Waals surface area contributed by atoms with Gasteiger partial charge >= 0.3 is 5.97 Å². The van der Waals surface area contributed by atoms with Crippen molar-refractivity contribution in [2.24, 2.45) is 16.6 Å². The Balaban J connectivity index is 0.900. The molecule has 6 rings (SSSR count). The second-order valence-corrected chi connectivity index (χ2v) is 20.3. The lowest BCUT2D eigenvalue weighted by molar-refractivity contribution is -0.372. The van der Waals surface area contributed by atoms with Crippen LogP contribution in [0.4, 0.5) is 0 Å². The first kappa shape index (κ1) is 51.1. The lowest BCUT2D eigenvalue weighted by Gasteiger charge is -2.54. The van der Waals surface area contributed by atoms with Crippen LogP contribution in [0.2, 0.25) is 0 Å². The molecule has 64 heavy (non-hydrogen) atoms. The van der Waals surface area contributed by atoms with Gasteiger partial charge < -0.3 is 55.7 Å². The van der Waals surface area contributed by atoms with Gasteiger partial charge in [-0.05, 0) is 96.9 Å². The fourth-order valence-corrected chi connectivity index (χ4v) is 12.1. The molecule has 0 aliphatic carbocycles. The smallest absolute Gasteiger partial charge is 0.316 e. The van der Waals surface area contributed by atoms with Crippen molar-refractivity contribution in [3.05, 3.63) is 12.2 Å². The van der Waals surface area contributed by atoms with Crippen LogP contribution < -0.4 is 16.8 Å². The number of quaternary nitrogens is 1. The van der Waals surface area contributed by atoms with E-state index >= 15 is 0 Å². The third-order valence-electron chi connectivity index (χ3n) is 15.3. The summed E-state index contributed by atoms with van der Waals surface area (Å²) in [5.41, 5.74) is 7.21. The summed E-state index contributed by atoms with van der Waals surface area (Å²) in [6.45, 7) is 9.54. The summed E-state index contributed by atoms with van der Waals surface area (Å²) in [5.74, 6) is -1.81. The number of nitrogens with zero attached hydrogens (tertiary/aromatic N) is 3. The Morgan fingerprint density at radius 1 is 0.969 bits per heavy atom. The van der Waals surface area contributed by atoms with Crippen molar-refractivity contribution < 1.29 is 44.5 Å². The molecule has 0 radical (unpaired) electrons. The van der Waals surface area contributed by atoms with Gasteiger partial charge in [0.2, 0.25) is 5.79 Å². The highest BCUT2D eigenvalue weighted by Gasteiger charge is 2.63. The van der Waals surface area contributed by atoms with Crippen molar-refractivity contribution in [3.8, 4) is 0 Å². The third kappa shape index (κ3) is 11.8. The van der Waals surface area contributed by atoms with Crippen molar-refractivity contribution in [2.75, 3.05) is 19.6 Å². The topological polar surface area (TPSA) is 196 Å². The number of hydrogen-bond acceptors (Lipinski definition) is 12. The zero-order valence-corrected chi connectivity index (χ0v) is 40.4. The summed E-state index contributed by atoms with van der Waals surface area (Å²) in [5, 5.41) is 26.1. The molecular formula is C50H89N6O8+. The second-order valence-electron chi connectivity index (χ2n) is 20.3. The molecule has 0 aromatic carbocycles. The Kier molecular flexibility index (Phi) is 18.8. The van der Waals surface area contributed by atoms with Crippen LogP contribution in [0.5, 0.6) is 0 Å². The van der Waals surface area contributed by atoms with Crippen LogP contribution in [-0.4, -0.2) is 117 Å². The molecule has 5 fully saturated rings. The fourth-order valence-electron chi connectivity index (χ4n) is 12.1. The van der Waals surface area contributed by atoms with Crippen molar-refractivity contribution in [1.29, 1.82) is 0 Å². The lowest BCUT2D eigenvalue weighted by atomic mass is 9.80. The van der Waals surface area contributed by atoms with E-state index in [4.69, 9.17) is 29.7 Å². The Bertz CT molecular complexity index is 1550. The van der Waals surface area contributed by atoms with E-state index in [-0.39, 0.29) is 55.2 Å². The van der Waals surface area contributed by atoms with Gasteiger partial charge in [0.05, 0.1) is 24.8 Å². The van der Waals surface area contributed by atoms with E-state index in [9.17, 15) is 19.8 Å². The van der Waals surface area contributed by atoms with Gasteiger partial charge in [-0.1, -0.05) is 104 Å². The molecule has 0 bridgehead atoms. The molecule has 2 unspecified atom stereocenters. The zero-order valence-electron chi connectivity index (χ0n) is 40.4. The second kappa shape index (κ2) is 23.6. The van der Waals surface area contributed by atoms with Gasteiger partial charge in [0.25, 0.3) is 5.91 Å². The maximum atomic E-state index is 14.5. The van der Waals surface area contributed by atoms with Crippen molar-refractivity contribution in [1.82, 2.24) is 15.1 Å². The maximum Gasteiger partial charge on any atom is 0.316 e. The molecule has 0 aromatic heterocycles. The van der Waals surface area contributed by atoms with Crippen LogP contribution in [0.25, 0.3) is 0 Å². The van der Waals surface area contributed by atoms with Crippen molar-refractivity contribution in [3.63, 3.8) is 0 Å². The van der Waals surface area contributed by atoms with Gasteiger partial charge in [0.1, 0.15) is 17.7 Å². The van der Waals surface area contributed by atoms with Gasteiger partial charge in [-0.15, -0.1) is 0 Å². The highest BCUT2D eigenvalue weighted by Crippen LogP contribution is 2.51. The minimum absolute atomic E-state index is 0.00905. The summed E-state index contributed by atoms with van der Waals surface area (Å²) in [4.78, 5) is 37.4. The molecule has 6 aliphatic heterocycles. The number of esters is 1. The summed E-state index contributed by atoms with van der Waals surface area (Å²) < 4.78 is 26.1. The number of morpholine rings is 1. The fraction of sp³-hybridized carbons (Fsp3) is 0.900. The van der Waals surface area contributed by atoms with Gasteiger partial charge in [0, 0.05) is 31.8 Å². The van der Waals surface area contributed by atoms with Gasteiger partial charge in [-0.2, -0.15) is 0 Å². The molecule has 2 spiro atoms. The van der Waals surface area contributed by atoms with Crippen LogP contribution in [0.1, 0.15) is 201 Å². The van der Waals surface area contributed by atoms with Crippen LogP contribution in [0.15, 0.2) is 17.1 Å². The molecule has 5 saturated heterocycles. The van der Waals surface area contributed by atoms with Crippen LogP contribution >= 0.6 is 0 Å². The summed E-state index contributed by atoms with van der Waals surface area (Å²) in [7, 11) is 0. The average molecular weight is 902 g/mol. The number of nitrogens with two attached hydrogens (primary N) is 1. The molecule has 11 atom stereocenters. The van der Waals surface area contributed by atoms with Crippen LogP contribution in [0, 0.1) is 5.92 Å². The van der Waals surface area contributed by atoms with E-state index < -0.39 is 35.0 Å². The molecule has 0 saturated carbocycles. The molecule has 6 heterocycles. The first-order valence-electron chi connectivity index (χ1n) is 26.2.